The second-order valence-electron chi connectivity index (χ2n) is 4.92. The molecule has 1 fully saturated rings. The average molecular weight is 273 g/mol. The first kappa shape index (κ1) is 12.8. The fourth-order valence-electron chi connectivity index (χ4n) is 2.35. The SMILES string of the molecule is Cc1nc(-c2ccccc2)sc1CN1CCNCC1. The smallest absolute Gasteiger partial charge is 0.123 e. The summed E-state index contributed by atoms with van der Waals surface area (Å²) < 4.78 is 0. The zero-order valence-corrected chi connectivity index (χ0v) is 12.0. The maximum atomic E-state index is 4.72. The number of piperazine rings is 1. The molecule has 4 heteroatoms. The van der Waals surface area contributed by atoms with Gasteiger partial charge in [-0.2, -0.15) is 0 Å². The van der Waals surface area contributed by atoms with Crippen LogP contribution in [0.15, 0.2) is 30.3 Å². The van der Waals surface area contributed by atoms with Gasteiger partial charge < -0.3 is 5.32 Å². The summed E-state index contributed by atoms with van der Waals surface area (Å²) in [4.78, 5) is 8.63. The van der Waals surface area contributed by atoms with Crippen LogP contribution in [0.1, 0.15) is 10.6 Å². The Labute approximate surface area is 118 Å². The molecule has 0 radical (unpaired) electrons. The van der Waals surface area contributed by atoms with Crippen molar-refractivity contribution in [2.75, 3.05) is 26.2 Å². The number of aryl methyl sites for hydroxylation is 1. The maximum Gasteiger partial charge on any atom is 0.123 e. The Bertz CT molecular complexity index is 530. The third kappa shape index (κ3) is 3.03. The van der Waals surface area contributed by atoms with E-state index in [0.717, 1.165) is 37.7 Å². The molecule has 1 N–H and O–H groups in total. The van der Waals surface area contributed by atoms with Gasteiger partial charge in [0.25, 0.3) is 0 Å². The summed E-state index contributed by atoms with van der Waals surface area (Å²) in [5, 5.41) is 4.53. The van der Waals surface area contributed by atoms with Crippen LogP contribution in [0.4, 0.5) is 0 Å². The number of hydrogen-bond donors (Lipinski definition) is 1. The Morgan fingerprint density at radius 3 is 2.68 bits per heavy atom. The molecule has 0 bridgehead atoms. The summed E-state index contributed by atoms with van der Waals surface area (Å²) in [6.07, 6.45) is 0. The zero-order valence-electron chi connectivity index (χ0n) is 11.2. The van der Waals surface area contributed by atoms with E-state index in [0.29, 0.717) is 0 Å². The molecule has 1 aromatic heterocycles. The van der Waals surface area contributed by atoms with Gasteiger partial charge in [-0.3, -0.25) is 4.90 Å². The lowest BCUT2D eigenvalue weighted by Gasteiger charge is -2.26. The Hall–Kier alpha value is -1.23. The summed E-state index contributed by atoms with van der Waals surface area (Å²) in [5.74, 6) is 0. The number of hydrogen-bond acceptors (Lipinski definition) is 4. The lowest BCUT2D eigenvalue weighted by atomic mass is 10.2. The van der Waals surface area contributed by atoms with Crippen molar-refractivity contribution in [1.29, 1.82) is 0 Å². The first-order valence-electron chi connectivity index (χ1n) is 6.78. The summed E-state index contributed by atoms with van der Waals surface area (Å²) in [5.41, 5.74) is 2.41. The normalized spacial score (nSPS) is 16.7. The lowest BCUT2D eigenvalue weighted by Crippen LogP contribution is -2.42. The number of thiazole rings is 1. The van der Waals surface area contributed by atoms with E-state index in [2.05, 4.69) is 41.4 Å². The van der Waals surface area contributed by atoms with Gasteiger partial charge in [-0.25, -0.2) is 4.98 Å². The third-order valence-corrected chi connectivity index (χ3v) is 4.68. The van der Waals surface area contributed by atoms with Gasteiger partial charge in [0.05, 0.1) is 5.69 Å². The van der Waals surface area contributed by atoms with Gasteiger partial charge in [0.15, 0.2) is 0 Å². The Kier molecular flexibility index (Phi) is 3.92. The first-order chi connectivity index (χ1) is 9.33. The van der Waals surface area contributed by atoms with Crippen LogP contribution >= 0.6 is 11.3 Å². The van der Waals surface area contributed by atoms with Crippen LogP contribution < -0.4 is 5.32 Å². The summed E-state index contributed by atoms with van der Waals surface area (Å²) in [6, 6.07) is 10.5. The lowest BCUT2D eigenvalue weighted by molar-refractivity contribution is 0.234. The standard InChI is InChI=1S/C15H19N3S/c1-12-14(11-18-9-7-16-8-10-18)19-15(17-12)13-5-3-2-4-6-13/h2-6,16H,7-11H2,1H3. The van der Waals surface area contributed by atoms with E-state index in [9.17, 15) is 0 Å². The van der Waals surface area contributed by atoms with Gasteiger partial charge in [0, 0.05) is 43.2 Å². The largest absolute Gasteiger partial charge is 0.314 e. The van der Waals surface area contributed by atoms with Crippen molar-refractivity contribution in [3.8, 4) is 10.6 Å². The molecule has 1 aromatic carbocycles. The minimum atomic E-state index is 1.04. The van der Waals surface area contributed by atoms with E-state index in [1.54, 1.807) is 0 Å². The molecule has 100 valence electrons. The molecular formula is C15H19N3S. The predicted molar refractivity (Wildman–Crippen MR) is 80.4 cm³/mol. The molecular weight excluding hydrogens is 254 g/mol. The number of rotatable bonds is 3. The highest BCUT2D eigenvalue weighted by molar-refractivity contribution is 7.15. The van der Waals surface area contributed by atoms with Crippen LogP contribution in [-0.2, 0) is 6.54 Å². The summed E-state index contributed by atoms with van der Waals surface area (Å²) in [6.45, 7) is 7.64. The maximum absolute atomic E-state index is 4.72. The number of aromatic nitrogens is 1. The topological polar surface area (TPSA) is 28.2 Å². The molecule has 0 saturated carbocycles. The van der Waals surface area contributed by atoms with Crippen molar-refractivity contribution in [2.24, 2.45) is 0 Å². The van der Waals surface area contributed by atoms with Gasteiger partial charge in [0.2, 0.25) is 0 Å². The second kappa shape index (κ2) is 5.82. The quantitative estimate of drug-likeness (QED) is 0.931. The summed E-state index contributed by atoms with van der Waals surface area (Å²) in [7, 11) is 0. The van der Waals surface area contributed by atoms with Crippen molar-refractivity contribution in [2.45, 2.75) is 13.5 Å². The van der Waals surface area contributed by atoms with Crippen LogP contribution in [0.3, 0.4) is 0 Å². The first-order valence-corrected chi connectivity index (χ1v) is 7.59. The van der Waals surface area contributed by atoms with Crippen molar-refractivity contribution in [3.05, 3.63) is 40.9 Å². The van der Waals surface area contributed by atoms with Crippen molar-refractivity contribution in [1.82, 2.24) is 15.2 Å². The Morgan fingerprint density at radius 1 is 1.21 bits per heavy atom. The molecule has 1 aliphatic rings. The molecule has 0 atom stereocenters. The van der Waals surface area contributed by atoms with Crippen LogP contribution in [0.5, 0.6) is 0 Å². The van der Waals surface area contributed by atoms with Gasteiger partial charge in [0.1, 0.15) is 5.01 Å². The molecule has 2 aromatic rings. The fourth-order valence-corrected chi connectivity index (χ4v) is 3.46. The molecule has 0 spiro atoms. The Balaban J connectivity index is 1.77. The zero-order chi connectivity index (χ0) is 13.1. The number of nitrogens with zero attached hydrogens (tertiary/aromatic N) is 2. The minimum Gasteiger partial charge on any atom is -0.314 e. The van der Waals surface area contributed by atoms with Gasteiger partial charge in [-0.15, -0.1) is 11.3 Å². The highest BCUT2D eigenvalue weighted by Gasteiger charge is 2.14. The monoisotopic (exact) mass is 273 g/mol. The third-order valence-electron chi connectivity index (χ3n) is 3.49. The van der Waals surface area contributed by atoms with Gasteiger partial charge in [-0.1, -0.05) is 30.3 Å². The fraction of sp³-hybridized carbons (Fsp3) is 0.400. The molecule has 1 aliphatic heterocycles. The highest BCUT2D eigenvalue weighted by Crippen LogP contribution is 2.28. The van der Waals surface area contributed by atoms with E-state index in [4.69, 9.17) is 4.98 Å². The van der Waals surface area contributed by atoms with E-state index < -0.39 is 0 Å². The Morgan fingerprint density at radius 2 is 1.95 bits per heavy atom. The highest BCUT2D eigenvalue weighted by atomic mass is 32.1. The molecule has 0 amide bonds. The number of benzene rings is 1. The van der Waals surface area contributed by atoms with Crippen molar-refractivity contribution >= 4 is 11.3 Å². The van der Waals surface area contributed by atoms with E-state index in [1.807, 2.05) is 17.4 Å². The van der Waals surface area contributed by atoms with Crippen LogP contribution in [-0.4, -0.2) is 36.1 Å². The summed E-state index contributed by atoms with van der Waals surface area (Å²) >= 11 is 1.83. The van der Waals surface area contributed by atoms with Gasteiger partial charge in [-0.05, 0) is 6.92 Å². The van der Waals surface area contributed by atoms with Crippen LogP contribution in [0.25, 0.3) is 10.6 Å². The average Bonchev–Trinajstić information content (AvgIpc) is 2.82. The predicted octanol–water partition coefficient (Wildman–Crippen LogP) is 2.52. The van der Waals surface area contributed by atoms with Crippen LogP contribution in [0.2, 0.25) is 0 Å². The minimum absolute atomic E-state index is 1.04. The second-order valence-corrected chi connectivity index (χ2v) is 6.00. The van der Waals surface area contributed by atoms with Gasteiger partial charge >= 0.3 is 0 Å². The molecule has 3 nitrogen and oxygen atoms in total. The molecule has 19 heavy (non-hydrogen) atoms. The number of nitrogens with one attached hydrogen (secondary N) is 1. The van der Waals surface area contributed by atoms with Crippen LogP contribution in [0, 0.1) is 6.92 Å². The van der Waals surface area contributed by atoms with E-state index >= 15 is 0 Å². The van der Waals surface area contributed by atoms with E-state index in [1.165, 1.54) is 16.1 Å². The molecule has 3 rings (SSSR count). The molecule has 1 saturated heterocycles. The molecule has 2 heterocycles. The molecule has 0 aliphatic carbocycles. The van der Waals surface area contributed by atoms with E-state index in [-0.39, 0.29) is 0 Å². The molecule has 0 unspecified atom stereocenters. The van der Waals surface area contributed by atoms with Crippen molar-refractivity contribution in [3.63, 3.8) is 0 Å². The van der Waals surface area contributed by atoms with Crippen molar-refractivity contribution < 1.29 is 0 Å².